The minimum atomic E-state index is 0.150. The maximum absolute atomic E-state index is 9.90. The number of benzene rings is 1. The van der Waals surface area contributed by atoms with Crippen LogP contribution in [0.4, 0.5) is 5.82 Å². The summed E-state index contributed by atoms with van der Waals surface area (Å²) in [5.74, 6) is 0.472. The van der Waals surface area contributed by atoms with Crippen molar-refractivity contribution in [1.82, 2.24) is 10.2 Å². The summed E-state index contributed by atoms with van der Waals surface area (Å²) in [7, 11) is 0. The van der Waals surface area contributed by atoms with Crippen LogP contribution in [0.2, 0.25) is 0 Å². The molecule has 5 heteroatoms. The molecule has 5 N–H and O–H groups in total. The number of nitrogens with zero attached hydrogens (tertiary/aromatic N) is 2. The Morgan fingerprint density at radius 3 is 2.64 bits per heavy atom. The minimum absolute atomic E-state index is 0.150. The number of allylic oxidation sites excluding steroid dienone is 4. The van der Waals surface area contributed by atoms with Gasteiger partial charge < -0.3 is 16.6 Å². The third kappa shape index (κ3) is 3.52. The first-order valence-electron chi connectivity index (χ1n) is 6.80. The summed E-state index contributed by atoms with van der Waals surface area (Å²) in [5.41, 5.74) is 14.1. The normalized spacial score (nSPS) is 12.3. The highest BCUT2D eigenvalue weighted by molar-refractivity contribution is 5.72. The summed E-state index contributed by atoms with van der Waals surface area (Å²) in [6.45, 7) is 1.92. The van der Waals surface area contributed by atoms with E-state index in [4.69, 9.17) is 11.5 Å². The molecule has 0 atom stereocenters. The van der Waals surface area contributed by atoms with Crippen molar-refractivity contribution in [2.45, 2.75) is 6.92 Å². The highest BCUT2D eigenvalue weighted by Crippen LogP contribution is 2.28. The number of hydrogen-bond donors (Lipinski definition) is 3. The lowest BCUT2D eigenvalue weighted by atomic mass is 10.1. The Labute approximate surface area is 129 Å². The molecule has 5 nitrogen and oxygen atoms in total. The van der Waals surface area contributed by atoms with E-state index in [-0.39, 0.29) is 5.75 Å². The number of para-hydroxylation sites is 1. The molecule has 2 aromatic rings. The Hall–Kier alpha value is -3.08. The monoisotopic (exact) mass is 294 g/mol. The molecule has 0 saturated carbocycles. The first-order chi connectivity index (χ1) is 10.7. The average molecular weight is 294 g/mol. The van der Waals surface area contributed by atoms with Gasteiger partial charge in [0.25, 0.3) is 0 Å². The lowest BCUT2D eigenvalue weighted by Crippen LogP contribution is -1.98. The quantitative estimate of drug-likeness (QED) is 0.753. The fourth-order valence-electron chi connectivity index (χ4n) is 1.92. The number of nitrogen functional groups attached to an aromatic ring is 1. The van der Waals surface area contributed by atoms with Crippen LogP contribution in [0, 0.1) is 0 Å². The first-order valence-corrected chi connectivity index (χ1v) is 6.80. The number of aromatic nitrogens is 2. The van der Waals surface area contributed by atoms with E-state index >= 15 is 0 Å². The van der Waals surface area contributed by atoms with E-state index in [1.807, 2.05) is 31.2 Å². The van der Waals surface area contributed by atoms with E-state index in [1.165, 1.54) is 6.20 Å². The number of hydrogen-bond acceptors (Lipinski definition) is 5. The predicted octanol–water partition coefficient (Wildman–Crippen LogP) is 2.86. The Balaban J connectivity index is 2.40. The van der Waals surface area contributed by atoms with Crippen LogP contribution in [0.5, 0.6) is 5.75 Å². The molecule has 0 amide bonds. The predicted molar refractivity (Wildman–Crippen MR) is 89.7 cm³/mol. The van der Waals surface area contributed by atoms with Gasteiger partial charge in [-0.15, -0.1) is 10.2 Å². The molecule has 2 rings (SSSR count). The third-order valence-electron chi connectivity index (χ3n) is 3.11. The van der Waals surface area contributed by atoms with Crippen LogP contribution >= 0.6 is 0 Å². The smallest absolute Gasteiger partial charge is 0.153 e. The van der Waals surface area contributed by atoms with Crippen molar-refractivity contribution in [3.05, 3.63) is 65.9 Å². The van der Waals surface area contributed by atoms with Crippen LogP contribution in [0.3, 0.4) is 0 Å². The number of anilines is 1. The van der Waals surface area contributed by atoms with Crippen molar-refractivity contribution in [1.29, 1.82) is 0 Å². The molecule has 0 aliphatic heterocycles. The number of phenols is 1. The summed E-state index contributed by atoms with van der Waals surface area (Å²) in [5, 5.41) is 17.9. The SMILES string of the molecule is C/C=C(\C=C/N)/C=C/c1cc(-c2ccccc2O)nnc1N. The summed E-state index contributed by atoms with van der Waals surface area (Å²) in [4.78, 5) is 0. The Morgan fingerprint density at radius 1 is 1.18 bits per heavy atom. The molecule has 0 radical (unpaired) electrons. The second-order valence-electron chi connectivity index (χ2n) is 4.57. The van der Waals surface area contributed by atoms with E-state index in [2.05, 4.69) is 10.2 Å². The van der Waals surface area contributed by atoms with Crippen molar-refractivity contribution >= 4 is 11.9 Å². The maximum Gasteiger partial charge on any atom is 0.153 e. The second kappa shape index (κ2) is 7.08. The van der Waals surface area contributed by atoms with Crippen LogP contribution in [0.25, 0.3) is 17.3 Å². The van der Waals surface area contributed by atoms with Crippen LogP contribution in [-0.2, 0) is 0 Å². The molecule has 0 unspecified atom stereocenters. The van der Waals surface area contributed by atoms with Crippen LogP contribution < -0.4 is 11.5 Å². The van der Waals surface area contributed by atoms with Gasteiger partial charge in [-0.3, -0.25) is 0 Å². The van der Waals surface area contributed by atoms with Crippen LogP contribution in [-0.4, -0.2) is 15.3 Å². The van der Waals surface area contributed by atoms with Crippen molar-refractivity contribution < 1.29 is 5.11 Å². The molecule has 1 heterocycles. The first kappa shape index (κ1) is 15.3. The topological polar surface area (TPSA) is 98.0 Å². The van der Waals surface area contributed by atoms with Gasteiger partial charge in [0, 0.05) is 11.1 Å². The number of phenolic OH excluding ortho intramolecular Hbond substituents is 1. The standard InChI is InChI=1S/C17H18N4O/c1-2-12(9-10-18)7-8-13-11-15(20-21-17(13)19)14-5-3-4-6-16(14)22/h2-11,22H,18H2,1H3,(H2,19,21)/b8-7+,10-9-,12-2-. The van der Waals surface area contributed by atoms with Gasteiger partial charge in [-0.25, -0.2) is 0 Å². The molecule has 0 spiro atoms. The second-order valence-corrected chi connectivity index (χ2v) is 4.57. The van der Waals surface area contributed by atoms with Crippen LogP contribution in [0.15, 0.2) is 60.3 Å². The minimum Gasteiger partial charge on any atom is -0.507 e. The number of aromatic hydroxyl groups is 1. The number of rotatable bonds is 4. The molecule has 1 aromatic carbocycles. The van der Waals surface area contributed by atoms with Crippen molar-refractivity contribution in [3.63, 3.8) is 0 Å². The van der Waals surface area contributed by atoms with Crippen LogP contribution in [0.1, 0.15) is 12.5 Å². The third-order valence-corrected chi connectivity index (χ3v) is 3.11. The van der Waals surface area contributed by atoms with Gasteiger partial charge in [-0.2, -0.15) is 0 Å². The zero-order valence-electron chi connectivity index (χ0n) is 12.3. The number of nitrogens with two attached hydrogens (primary N) is 2. The lowest BCUT2D eigenvalue weighted by Gasteiger charge is -2.05. The molecule has 0 bridgehead atoms. The van der Waals surface area contributed by atoms with Gasteiger partial charge in [-0.05, 0) is 43.0 Å². The van der Waals surface area contributed by atoms with E-state index < -0.39 is 0 Å². The summed E-state index contributed by atoms with van der Waals surface area (Å²) in [6, 6.07) is 8.74. The average Bonchev–Trinajstić information content (AvgIpc) is 2.53. The molecular formula is C17H18N4O. The fraction of sp³-hybridized carbons (Fsp3) is 0.0588. The van der Waals surface area contributed by atoms with Crippen molar-refractivity contribution in [2.75, 3.05) is 5.73 Å². The summed E-state index contributed by atoms with van der Waals surface area (Å²) in [6.07, 6.45) is 8.90. The maximum atomic E-state index is 9.90. The van der Waals surface area contributed by atoms with Crippen molar-refractivity contribution in [2.24, 2.45) is 5.73 Å². The Bertz CT molecular complexity index is 748. The van der Waals surface area contributed by atoms with Gasteiger partial charge in [0.15, 0.2) is 5.82 Å². The molecule has 22 heavy (non-hydrogen) atoms. The van der Waals surface area contributed by atoms with Crippen molar-refractivity contribution in [3.8, 4) is 17.0 Å². The summed E-state index contributed by atoms with van der Waals surface area (Å²) < 4.78 is 0. The zero-order chi connectivity index (χ0) is 15.9. The van der Waals surface area contributed by atoms with Gasteiger partial charge in [0.2, 0.25) is 0 Å². The van der Waals surface area contributed by atoms with Gasteiger partial charge in [-0.1, -0.05) is 30.4 Å². The largest absolute Gasteiger partial charge is 0.507 e. The van der Waals surface area contributed by atoms with Gasteiger partial charge >= 0.3 is 0 Å². The molecule has 1 aromatic heterocycles. The molecule has 0 saturated heterocycles. The fourth-order valence-corrected chi connectivity index (χ4v) is 1.92. The molecule has 112 valence electrons. The van der Waals surface area contributed by atoms with E-state index in [9.17, 15) is 5.11 Å². The van der Waals surface area contributed by atoms with Gasteiger partial charge in [0.1, 0.15) is 5.75 Å². The highest BCUT2D eigenvalue weighted by atomic mass is 16.3. The zero-order valence-corrected chi connectivity index (χ0v) is 12.3. The molecule has 0 aliphatic rings. The molecular weight excluding hydrogens is 276 g/mol. The van der Waals surface area contributed by atoms with E-state index in [0.717, 1.165) is 11.1 Å². The molecule has 0 aliphatic carbocycles. The summed E-state index contributed by atoms with van der Waals surface area (Å²) >= 11 is 0. The van der Waals surface area contributed by atoms with Gasteiger partial charge in [0.05, 0.1) is 5.69 Å². The Morgan fingerprint density at radius 2 is 1.95 bits per heavy atom. The highest BCUT2D eigenvalue weighted by Gasteiger charge is 2.08. The van der Waals surface area contributed by atoms with E-state index in [0.29, 0.717) is 17.1 Å². The lowest BCUT2D eigenvalue weighted by molar-refractivity contribution is 0.477. The van der Waals surface area contributed by atoms with E-state index in [1.54, 1.807) is 30.3 Å². The Kier molecular flexibility index (Phi) is 4.93. The molecule has 0 fully saturated rings.